The third kappa shape index (κ3) is 2.79. The molecular weight excluding hydrogens is 226 g/mol. The number of piperazine rings is 1. The van der Waals surface area contributed by atoms with Gasteiger partial charge in [0, 0.05) is 38.3 Å². The highest BCUT2D eigenvalue weighted by Crippen LogP contribution is 2.19. The second-order valence-corrected chi connectivity index (χ2v) is 5.58. The van der Waals surface area contributed by atoms with Crippen LogP contribution in [-0.2, 0) is 0 Å². The van der Waals surface area contributed by atoms with Gasteiger partial charge in [0.1, 0.15) is 0 Å². The van der Waals surface area contributed by atoms with Crippen LogP contribution in [0.25, 0.3) is 0 Å². The van der Waals surface area contributed by atoms with Gasteiger partial charge in [0.15, 0.2) is 5.82 Å². The van der Waals surface area contributed by atoms with Crippen molar-refractivity contribution in [1.29, 1.82) is 0 Å². The molecule has 0 atom stereocenters. The van der Waals surface area contributed by atoms with Crippen LogP contribution < -0.4 is 10.6 Å². The quantitative estimate of drug-likeness (QED) is 0.852. The second kappa shape index (κ2) is 5.20. The molecule has 2 N–H and O–H groups in total. The zero-order valence-corrected chi connectivity index (χ0v) is 11.6. The molecule has 0 aliphatic carbocycles. The van der Waals surface area contributed by atoms with E-state index in [4.69, 9.17) is 5.73 Å². The van der Waals surface area contributed by atoms with Crippen molar-refractivity contribution in [3.8, 4) is 0 Å². The Hall–Kier alpha value is -1.20. The first kappa shape index (κ1) is 13.2. The van der Waals surface area contributed by atoms with Crippen LogP contribution in [0.3, 0.4) is 0 Å². The average Bonchev–Trinajstić information content (AvgIpc) is 2.39. The fourth-order valence-electron chi connectivity index (χ4n) is 2.27. The lowest BCUT2D eigenvalue weighted by Gasteiger charge is -2.43. The van der Waals surface area contributed by atoms with E-state index in [0.717, 1.165) is 37.6 Å². The number of aryl methyl sites for hydroxylation is 1. The molecule has 18 heavy (non-hydrogen) atoms. The van der Waals surface area contributed by atoms with Gasteiger partial charge in [-0.2, -0.15) is 5.10 Å². The second-order valence-electron chi connectivity index (χ2n) is 5.58. The van der Waals surface area contributed by atoms with Gasteiger partial charge in [0.05, 0.1) is 6.20 Å². The van der Waals surface area contributed by atoms with Gasteiger partial charge < -0.3 is 10.6 Å². The first-order chi connectivity index (χ1) is 8.53. The summed E-state index contributed by atoms with van der Waals surface area (Å²) < 4.78 is 0. The number of nitrogens with two attached hydrogens (primary N) is 1. The molecule has 1 saturated heterocycles. The smallest absolute Gasteiger partial charge is 0.151 e. The van der Waals surface area contributed by atoms with Gasteiger partial charge in [-0.05, 0) is 32.4 Å². The Morgan fingerprint density at radius 1 is 1.28 bits per heavy atom. The summed E-state index contributed by atoms with van der Waals surface area (Å²) >= 11 is 0. The first-order valence-electron chi connectivity index (χ1n) is 6.52. The number of nitrogens with zero attached hydrogens (tertiary/aromatic N) is 4. The van der Waals surface area contributed by atoms with Crippen molar-refractivity contribution in [2.24, 2.45) is 5.73 Å². The molecule has 5 nitrogen and oxygen atoms in total. The van der Waals surface area contributed by atoms with E-state index < -0.39 is 0 Å². The number of aromatic nitrogens is 2. The SMILES string of the molecule is Cc1cnnc(N2CCN(C(C)(C)CN)CC2)c1. The molecule has 5 heteroatoms. The van der Waals surface area contributed by atoms with Crippen molar-refractivity contribution in [1.82, 2.24) is 15.1 Å². The van der Waals surface area contributed by atoms with Crippen molar-refractivity contribution in [3.63, 3.8) is 0 Å². The molecule has 1 aliphatic rings. The van der Waals surface area contributed by atoms with E-state index in [1.807, 2.05) is 6.92 Å². The van der Waals surface area contributed by atoms with Crippen LogP contribution in [0.5, 0.6) is 0 Å². The molecule has 0 saturated carbocycles. The van der Waals surface area contributed by atoms with Gasteiger partial charge in [0.25, 0.3) is 0 Å². The van der Waals surface area contributed by atoms with Crippen molar-refractivity contribution in [2.45, 2.75) is 26.3 Å². The fraction of sp³-hybridized carbons (Fsp3) is 0.692. The fourth-order valence-corrected chi connectivity index (χ4v) is 2.27. The molecule has 2 rings (SSSR count). The standard InChI is InChI=1S/C13H23N5/c1-11-8-12(16-15-9-11)17-4-6-18(7-5-17)13(2,3)10-14/h8-9H,4-7,10,14H2,1-3H3. The monoisotopic (exact) mass is 249 g/mol. The molecule has 1 aliphatic heterocycles. The highest BCUT2D eigenvalue weighted by atomic mass is 15.3. The third-order valence-electron chi connectivity index (χ3n) is 3.74. The third-order valence-corrected chi connectivity index (χ3v) is 3.74. The summed E-state index contributed by atoms with van der Waals surface area (Å²) in [7, 11) is 0. The topological polar surface area (TPSA) is 58.3 Å². The summed E-state index contributed by atoms with van der Waals surface area (Å²) in [4.78, 5) is 4.75. The summed E-state index contributed by atoms with van der Waals surface area (Å²) in [6.07, 6.45) is 1.79. The van der Waals surface area contributed by atoms with Crippen LogP contribution in [0.4, 0.5) is 5.82 Å². The van der Waals surface area contributed by atoms with Gasteiger partial charge in [-0.3, -0.25) is 4.90 Å². The Balaban J connectivity index is 1.99. The lowest BCUT2D eigenvalue weighted by Crippen LogP contribution is -2.57. The first-order valence-corrected chi connectivity index (χ1v) is 6.52. The van der Waals surface area contributed by atoms with E-state index in [1.165, 1.54) is 0 Å². The lowest BCUT2D eigenvalue weighted by molar-refractivity contribution is 0.119. The van der Waals surface area contributed by atoms with E-state index >= 15 is 0 Å². The Kier molecular flexibility index (Phi) is 3.82. The maximum Gasteiger partial charge on any atom is 0.151 e. The number of hydrogen-bond donors (Lipinski definition) is 1. The van der Waals surface area contributed by atoms with Crippen molar-refractivity contribution >= 4 is 5.82 Å². The van der Waals surface area contributed by atoms with Crippen LogP contribution in [0.1, 0.15) is 19.4 Å². The van der Waals surface area contributed by atoms with Crippen LogP contribution in [0.15, 0.2) is 12.3 Å². The predicted octanol–water partition coefficient (Wildman–Crippen LogP) is 0.644. The minimum Gasteiger partial charge on any atom is -0.353 e. The highest BCUT2D eigenvalue weighted by molar-refractivity contribution is 5.39. The summed E-state index contributed by atoms with van der Waals surface area (Å²) in [5.41, 5.74) is 7.07. The molecular formula is C13H23N5. The van der Waals surface area contributed by atoms with Gasteiger partial charge in [-0.1, -0.05) is 0 Å². The van der Waals surface area contributed by atoms with Crippen LogP contribution in [0, 0.1) is 6.92 Å². The summed E-state index contributed by atoms with van der Waals surface area (Å²) in [5, 5.41) is 8.22. The van der Waals surface area contributed by atoms with Crippen LogP contribution >= 0.6 is 0 Å². The van der Waals surface area contributed by atoms with Crippen LogP contribution in [0.2, 0.25) is 0 Å². The van der Waals surface area contributed by atoms with Gasteiger partial charge in [0.2, 0.25) is 0 Å². The molecule has 0 radical (unpaired) electrons. The Labute approximate surface area is 109 Å². The normalized spacial score (nSPS) is 18.1. The Morgan fingerprint density at radius 3 is 2.50 bits per heavy atom. The van der Waals surface area contributed by atoms with E-state index in [0.29, 0.717) is 6.54 Å². The summed E-state index contributed by atoms with van der Waals surface area (Å²) in [6, 6.07) is 2.09. The van der Waals surface area contributed by atoms with Crippen molar-refractivity contribution < 1.29 is 0 Å². The van der Waals surface area contributed by atoms with E-state index in [9.17, 15) is 0 Å². The maximum atomic E-state index is 5.83. The summed E-state index contributed by atoms with van der Waals surface area (Å²) in [6.45, 7) is 11.2. The molecule has 2 heterocycles. The molecule has 1 fully saturated rings. The van der Waals surface area contributed by atoms with E-state index in [-0.39, 0.29) is 5.54 Å². The minimum atomic E-state index is 0.0877. The zero-order chi connectivity index (χ0) is 13.2. The molecule has 100 valence electrons. The van der Waals surface area contributed by atoms with E-state index in [2.05, 4.69) is 39.9 Å². The average molecular weight is 249 g/mol. The van der Waals surface area contributed by atoms with Crippen molar-refractivity contribution in [3.05, 3.63) is 17.8 Å². The van der Waals surface area contributed by atoms with Crippen molar-refractivity contribution in [2.75, 3.05) is 37.6 Å². The minimum absolute atomic E-state index is 0.0877. The molecule has 0 aromatic carbocycles. The zero-order valence-electron chi connectivity index (χ0n) is 11.6. The number of anilines is 1. The lowest BCUT2D eigenvalue weighted by atomic mass is 10.0. The molecule has 0 bridgehead atoms. The Bertz CT molecular complexity index is 396. The van der Waals surface area contributed by atoms with Crippen LogP contribution in [-0.4, -0.2) is 53.4 Å². The molecule has 0 unspecified atom stereocenters. The molecule has 1 aromatic heterocycles. The largest absolute Gasteiger partial charge is 0.353 e. The maximum absolute atomic E-state index is 5.83. The Morgan fingerprint density at radius 2 is 1.94 bits per heavy atom. The molecule has 0 spiro atoms. The summed E-state index contributed by atoms with van der Waals surface area (Å²) in [5.74, 6) is 0.986. The van der Waals surface area contributed by atoms with Gasteiger partial charge >= 0.3 is 0 Å². The predicted molar refractivity (Wildman–Crippen MR) is 73.7 cm³/mol. The molecule has 0 amide bonds. The van der Waals surface area contributed by atoms with E-state index in [1.54, 1.807) is 6.20 Å². The number of rotatable bonds is 3. The molecule has 1 aromatic rings. The van der Waals surface area contributed by atoms with Gasteiger partial charge in [-0.15, -0.1) is 5.10 Å². The number of hydrogen-bond acceptors (Lipinski definition) is 5. The van der Waals surface area contributed by atoms with Gasteiger partial charge in [-0.25, -0.2) is 0 Å². The highest BCUT2D eigenvalue weighted by Gasteiger charge is 2.28.